The van der Waals surface area contributed by atoms with Gasteiger partial charge in [-0.1, -0.05) is 36.8 Å². The maximum atomic E-state index is 12.8. The number of ether oxygens (including phenoxy) is 1. The molecule has 0 radical (unpaired) electrons. The number of carbonyl (C=O) groups excluding carboxylic acids is 1. The third kappa shape index (κ3) is 4.42. The van der Waals surface area contributed by atoms with Crippen LogP contribution in [0.3, 0.4) is 0 Å². The highest BCUT2D eigenvalue weighted by Crippen LogP contribution is 2.25. The molecule has 2 aromatic carbocycles. The van der Waals surface area contributed by atoms with Gasteiger partial charge in [-0.05, 0) is 37.1 Å². The molecule has 0 spiro atoms. The smallest absolute Gasteiger partial charge is 0.254 e. The molecule has 0 aliphatic heterocycles. The van der Waals surface area contributed by atoms with Crippen molar-refractivity contribution in [3.05, 3.63) is 59.2 Å². The molecule has 1 atom stereocenters. The average molecular weight is 376 g/mol. The van der Waals surface area contributed by atoms with Gasteiger partial charge in [0.25, 0.3) is 5.91 Å². The third-order valence-electron chi connectivity index (χ3n) is 4.14. The molecule has 140 valence electrons. The van der Waals surface area contributed by atoms with Crippen LogP contribution in [0.5, 0.6) is 5.75 Å². The van der Waals surface area contributed by atoms with Crippen LogP contribution in [0.4, 0.5) is 0 Å². The highest BCUT2D eigenvalue weighted by atomic mass is 32.2. The maximum absolute atomic E-state index is 12.8. The van der Waals surface area contributed by atoms with E-state index in [4.69, 9.17) is 4.74 Å². The number of carbonyl (C=O) groups is 1. The Hall–Kier alpha value is -2.38. The fourth-order valence-electron chi connectivity index (χ4n) is 2.61. The standard InChI is InChI=1S/C19H24N2O4S/c1-5-17(14-8-6-13(2)7-9-14)21-26(23,24)15-10-11-18(25-4)16(12-15)19(22)20-3/h6-12,17,21H,5H2,1-4H3,(H,20,22)/t17-/m0/s1. The zero-order valence-electron chi connectivity index (χ0n) is 15.4. The molecule has 0 saturated heterocycles. The molecule has 26 heavy (non-hydrogen) atoms. The quantitative estimate of drug-likeness (QED) is 0.778. The highest BCUT2D eigenvalue weighted by molar-refractivity contribution is 7.89. The molecular formula is C19H24N2O4S. The Labute approximate surface area is 154 Å². The molecule has 0 aliphatic rings. The number of benzene rings is 2. The molecule has 0 fully saturated rings. The predicted octanol–water partition coefficient (Wildman–Crippen LogP) is 2.79. The van der Waals surface area contributed by atoms with Crippen LogP contribution < -0.4 is 14.8 Å². The van der Waals surface area contributed by atoms with Gasteiger partial charge in [-0.2, -0.15) is 0 Å². The number of hydrogen-bond donors (Lipinski definition) is 2. The van der Waals surface area contributed by atoms with Gasteiger partial charge in [-0.15, -0.1) is 0 Å². The van der Waals surface area contributed by atoms with E-state index in [-0.39, 0.29) is 16.5 Å². The van der Waals surface area contributed by atoms with E-state index in [1.54, 1.807) is 0 Å². The van der Waals surface area contributed by atoms with Crippen molar-refractivity contribution in [2.45, 2.75) is 31.2 Å². The second-order valence-electron chi connectivity index (χ2n) is 5.93. The van der Waals surface area contributed by atoms with Crippen molar-refractivity contribution in [2.24, 2.45) is 0 Å². The van der Waals surface area contributed by atoms with Gasteiger partial charge in [-0.3, -0.25) is 4.79 Å². The maximum Gasteiger partial charge on any atom is 0.254 e. The third-order valence-corrected chi connectivity index (χ3v) is 5.61. The number of aryl methyl sites for hydroxylation is 1. The van der Waals surface area contributed by atoms with E-state index in [0.29, 0.717) is 12.2 Å². The summed E-state index contributed by atoms with van der Waals surface area (Å²) in [6, 6.07) is 11.6. The molecule has 2 aromatic rings. The summed E-state index contributed by atoms with van der Waals surface area (Å²) in [4.78, 5) is 12.0. The molecular weight excluding hydrogens is 352 g/mol. The van der Waals surface area contributed by atoms with E-state index in [1.807, 2.05) is 38.1 Å². The topological polar surface area (TPSA) is 84.5 Å². The first-order chi connectivity index (χ1) is 12.3. The summed E-state index contributed by atoms with van der Waals surface area (Å²) in [5, 5.41) is 2.48. The van der Waals surface area contributed by atoms with E-state index in [2.05, 4.69) is 10.0 Å². The van der Waals surface area contributed by atoms with E-state index in [1.165, 1.54) is 32.4 Å². The van der Waals surface area contributed by atoms with Gasteiger partial charge in [0.2, 0.25) is 10.0 Å². The number of amides is 1. The first-order valence-electron chi connectivity index (χ1n) is 8.31. The summed E-state index contributed by atoms with van der Waals surface area (Å²) in [6.07, 6.45) is 0.598. The Morgan fingerprint density at radius 2 is 1.81 bits per heavy atom. The second kappa shape index (κ2) is 8.33. The lowest BCUT2D eigenvalue weighted by molar-refractivity contribution is 0.0960. The molecule has 7 heteroatoms. The molecule has 6 nitrogen and oxygen atoms in total. The van der Waals surface area contributed by atoms with Gasteiger partial charge in [-0.25, -0.2) is 13.1 Å². The van der Waals surface area contributed by atoms with Gasteiger partial charge in [0.05, 0.1) is 17.6 Å². The number of nitrogens with one attached hydrogen (secondary N) is 2. The largest absolute Gasteiger partial charge is 0.496 e. The summed E-state index contributed by atoms with van der Waals surface area (Å²) in [7, 11) is -0.897. The van der Waals surface area contributed by atoms with Crippen molar-refractivity contribution >= 4 is 15.9 Å². The Bertz CT molecular complexity index is 877. The lowest BCUT2D eigenvalue weighted by Crippen LogP contribution is -2.29. The van der Waals surface area contributed by atoms with Crippen LogP contribution >= 0.6 is 0 Å². The highest BCUT2D eigenvalue weighted by Gasteiger charge is 2.23. The Balaban J connectivity index is 2.37. The van der Waals surface area contributed by atoms with Crippen molar-refractivity contribution in [3.8, 4) is 5.75 Å². The summed E-state index contributed by atoms with van der Waals surface area (Å²) in [5.41, 5.74) is 2.17. The molecule has 0 aromatic heterocycles. The lowest BCUT2D eigenvalue weighted by atomic mass is 10.0. The summed E-state index contributed by atoms with van der Waals surface area (Å²) >= 11 is 0. The van der Waals surface area contributed by atoms with Gasteiger partial charge in [0, 0.05) is 13.1 Å². The zero-order chi connectivity index (χ0) is 19.3. The number of methoxy groups -OCH3 is 1. The van der Waals surface area contributed by atoms with E-state index in [9.17, 15) is 13.2 Å². The van der Waals surface area contributed by atoms with Gasteiger partial charge >= 0.3 is 0 Å². The molecule has 0 bridgehead atoms. The molecule has 0 heterocycles. The van der Waals surface area contributed by atoms with Crippen LogP contribution in [-0.4, -0.2) is 28.5 Å². The summed E-state index contributed by atoms with van der Waals surface area (Å²) in [5.74, 6) is -0.0987. The first kappa shape index (κ1) is 19.9. The van der Waals surface area contributed by atoms with Crippen LogP contribution in [-0.2, 0) is 10.0 Å². The molecule has 0 aliphatic carbocycles. The molecule has 0 unspecified atom stereocenters. The Morgan fingerprint density at radius 1 is 1.15 bits per heavy atom. The monoisotopic (exact) mass is 376 g/mol. The van der Waals surface area contributed by atoms with Crippen LogP contribution in [0.1, 0.15) is 40.9 Å². The number of hydrogen-bond acceptors (Lipinski definition) is 4. The van der Waals surface area contributed by atoms with E-state index >= 15 is 0 Å². The first-order valence-corrected chi connectivity index (χ1v) is 9.79. The van der Waals surface area contributed by atoms with Crippen LogP contribution in [0, 0.1) is 6.92 Å². The fourth-order valence-corrected chi connectivity index (χ4v) is 3.94. The van der Waals surface area contributed by atoms with Crippen molar-refractivity contribution in [1.29, 1.82) is 0 Å². The molecule has 2 rings (SSSR count). The zero-order valence-corrected chi connectivity index (χ0v) is 16.2. The Kier molecular flexibility index (Phi) is 6.39. The minimum absolute atomic E-state index is 0.0162. The molecule has 0 saturated carbocycles. The van der Waals surface area contributed by atoms with Gasteiger partial charge < -0.3 is 10.1 Å². The van der Waals surface area contributed by atoms with Crippen LogP contribution in [0.25, 0.3) is 0 Å². The molecule has 2 N–H and O–H groups in total. The van der Waals surface area contributed by atoms with Crippen molar-refractivity contribution in [3.63, 3.8) is 0 Å². The van der Waals surface area contributed by atoms with Gasteiger partial charge in [0.1, 0.15) is 5.75 Å². The summed E-state index contributed by atoms with van der Waals surface area (Å²) < 4.78 is 33.5. The van der Waals surface area contributed by atoms with Crippen LogP contribution in [0.2, 0.25) is 0 Å². The minimum atomic E-state index is -3.80. The minimum Gasteiger partial charge on any atom is -0.496 e. The van der Waals surface area contributed by atoms with E-state index in [0.717, 1.165) is 11.1 Å². The number of sulfonamides is 1. The summed E-state index contributed by atoms with van der Waals surface area (Å²) in [6.45, 7) is 3.89. The van der Waals surface area contributed by atoms with Crippen LogP contribution in [0.15, 0.2) is 47.4 Å². The van der Waals surface area contributed by atoms with Crippen molar-refractivity contribution in [1.82, 2.24) is 10.0 Å². The second-order valence-corrected chi connectivity index (χ2v) is 7.65. The average Bonchev–Trinajstić information content (AvgIpc) is 2.65. The van der Waals surface area contributed by atoms with Crippen molar-refractivity contribution < 1.29 is 17.9 Å². The normalized spacial score (nSPS) is 12.5. The SMILES string of the molecule is CC[C@H](NS(=O)(=O)c1ccc(OC)c(C(=O)NC)c1)c1ccc(C)cc1. The van der Waals surface area contributed by atoms with Gasteiger partial charge in [0.15, 0.2) is 0 Å². The molecule has 1 amide bonds. The lowest BCUT2D eigenvalue weighted by Gasteiger charge is -2.18. The van der Waals surface area contributed by atoms with Crippen molar-refractivity contribution in [2.75, 3.05) is 14.2 Å². The van der Waals surface area contributed by atoms with E-state index < -0.39 is 15.9 Å². The predicted molar refractivity (Wildman–Crippen MR) is 101 cm³/mol. The number of rotatable bonds is 7. The fraction of sp³-hybridized carbons (Fsp3) is 0.316. The Morgan fingerprint density at radius 3 is 2.35 bits per heavy atom.